The lowest BCUT2D eigenvalue weighted by atomic mass is 9.81. The van der Waals surface area contributed by atoms with Gasteiger partial charge in [0.2, 0.25) is 12.2 Å². The number of amides is 2. The van der Waals surface area contributed by atoms with Crippen LogP contribution in [0.15, 0.2) is 0 Å². The van der Waals surface area contributed by atoms with Crippen molar-refractivity contribution in [2.45, 2.75) is 70.2 Å². The predicted octanol–water partition coefficient (Wildman–Crippen LogP) is 1.12. The second kappa shape index (κ2) is 7.19. The van der Waals surface area contributed by atoms with Crippen molar-refractivity contribution in [2.75, 3.05) is 7.05 Å². The maximum atomic E-state index is 12.2. The van der Waals surface area contributed by atoms with Crippen molar-refractivity contribution < 1.29 is 28.7 Å². The molecule has 8 nitrogen and oxygen atoms in total. The molecular formula is C16H24N2O6. The van der Waals surface area contributed by atoms with E-state index in [0.717, 1.165) is 12.8 Å². The van der Waals surface area contributed by atoms with Crippen LogP contribution in [-0.2, 0) is 23.9 Å². The molecule has 2 amide bonds. The number of carbonyl (C=O) groups is 4. The van der Waals surface area contributed by atoms with Gasteiger partial charge in [0.1, 0.15) is 11.6 Å². The van der Waals surface area contributed by atoms with Crippen molar-refractivity contribution in [1.29, 1.82) is 0 Å². The number of hydrogen-bond acceptors (Lipinski definition) is 6. The number of ketones is 1. The van der Waals surface area contributed by atoms with Gasteiger partial charge < -0.3 is 14.8 Å². The molecule has 1 unspecified atom stereocenters. The summed E-state index contributed by atoms with van der Waals surface area (Å²) >= 11 is 0. The molecule has 8 heteroatoms. The van der Waals surface area contributed by atoms with Crippen molar-refractivity contribution in [3.05, 3.63) is 0 Å². The number of esters is 1. The minimum absolute atomic E-state index is 0.00603. The van der Waals surface area contributed by atoms with Crippen molar-refractivity contribution >= 4 is 23.8 Å². The van der Waals surface area contributed by atoms with Crippen LogP contribution >= 0.6 is 0 Å². The molecule has 1 N–H and O–H groups in total. The summed E-state index contributed by atoms with van der Waals surface area (Å²) in [4.78, 5) is 48.7. The van der Waals surface area contributed by atoms with Crippen LogP contribution < -0.4 is 5.32 Å². The molecule has 0 aromatic rings. The van der Waals surface area contributed by atoms with Crippen LogP contribution in [0.2, 0.25) is 0 Å². The first-order valence-electron chi connectivity index (χ1n) is 8.21. The molecule has 2 aliphatic rings. The topological polar surface area (TPSA) is 102 Å². The molecule has 0 aromatic carbocycles. The molecule has 3 atom stereocenters. The highest BCUT2D eigenvalue weighted by Crippen LogP contribution is 2.30. The van der Waals surface area contributed by atoms with Gasteiger partial charge in [0.05, 0.1) is 0 Å². The van der Waals surface area contributed by atoms with E-state index in [1.807, 2.05) is 0 Å². The van der Waals surface area contributed by atoms with E-state index in [0.29, 0.717) is 19.3 Å². The van der Waals surface area contributed by atoms with Crippen LogP contribution in [0.1, 0.15) is 52.4 Å². The summed E-state index contributed by atoms with van der Waals surface area (Å²) < 4.78 is 10.2. The highest BCUT2D eigenvalue weighted by atomic mass is 16.7. The van der Waals surface area contributed by atoms with Crippen LogP contribution in [0.5, 0.6) is 0 Å². The van der Waals surface area contributed by atoms with Gasteiger partial charge >= 0.3 is 12.1 Å². The first kappa shape index (κ1) is 18.2. The summed E-state index contributed by atoms with van der Waals surface area (Å²) in [7, 11) is 1.51. The van der Waals surface area contributed by atoms with Crippen molar-refractivity contribution in [1.82, 2.24) is 10.2 Å². The third-order valence-electron chi connectivity index (χ3n) is 4.76. The fraction of sp³-hybridized carbons (Fsp3) is 0.750. The number of Topliss-reactive ketones (excluding diaryl/α,β-unsaturated/α-hetero) is 1. The Morgan fingerprint density at radius 3 is 2.54 bits per heavy atom. The summed E-state index contributed by atoms with van der Waals surface area (Å²) in [5.74, 6) is -0.833. The third kappa shape index (κ3) is 3.85. The zero-order valence-corrected chi connectivity index (χ0v) is 14.3. The highest BCUT2D eigenvalue weighted by Gasteiger charge is 2.42. The van der Waals surface area contributed by atoms with Gasteiger partial charge in [-0.1, -0.05) is 6.42 Å². The standard InChI is InChI=1S/C16H24N2O6/c1-10(23-14(21)11-7-8-13(20)17-11)24-15(22)18(3)16(2)9-5-4-6-12(16)19/h10-11H,4-9H2,1-3H3,(H,17,20)/t10?,11-,16+/m0/s1. The van der Waals surface area contributed by atoms with Gasteiger partial charge in [-0.25, -0.2) is 9.59 Å². The zero-order chi connectivity index (χ0) is 17.9. The molecule has 24 heavy (non-hydrogen) atoms. The molecule has 0 radical (unpaired) electrons. The average Bonchev–Trinajstić information content (AvgIpc) is 2.96. The monoisotopic (exact) mass is 340 g/mol. The molecule has 0 spiro atoms. The summed E-state index contributed by atoms with van der Waals surface area (Å²) in [6.07, 6.45) is 1.54. The number of rotatable bonds is 4. The van der Waals surface area contributed by atoms with Gasteiger partial charge in [0, 0.05) is 26.8 Å². The van der Waals surface area contributed by atoms with E-state index in [1.165, 1.54) is 18.9 Å². The quantitative estimate of drug-likeness (QED) is 0.608. The maximum Gasteiger partial charge on any atom is 0.413 e. The van der Waals surface area contributed by atoms with E-state index in [2.05, 4.69) is 5.32 Å². The molecule has 2 fully saturated rings. The molecule has 1 heterocycles. The normalized spacial score (nSPS) is 28.0. The Hall–Kier alpha value is -2.12. The maximum absolute atomic E-state index is 12.2. The molecule has 1 aliphatic heterocycles. The van der Waals surface area contributed by atoms with Gasteiger partial charge in [0.15, 0.2) is 5.78 Å². The Bertz CT molecular complexity index is 549. The van der Waals surface area contributed by atoms with Crippen LogP contribution in [0.3, 0.4) is 0 Å². The molecule has 134 valence electrons. The van der Waals surface area contributed by atoms with Crippen LogP contribution in [0, 0.1) is 0 Å². The Balaban J connectivity index is 1.87. The Morgan fingerprint density at radius 1 is 1.25 bits per heavy atom. The molecule has 2 rings (SSSR count). The molecule has 0 bridgehead atoms. The lowest BCUT2D eigenvalue weighted by molar-refractivity contribution is -0.169. The molecule has 0 aromatic heterocycles. The first-order chi connectivity index (χ1) is 11.2. The van der Waals surface area contributed by atoms with Crippen molar-refractivity contribution in [3.8, 4) is 0 Å². The summed E-state index contributed by atoms with van der Waals surface area (Å²) in [6.45, 7) is 3.14. The number of hydrogen-bond donors (Lipinski definition) is 1. The summed E-state index contributed by atoms with van der Waals surface area (Å²) in [5.41, 5.74) is -0.890. The fourth-order valence-corrected chi connectivity index (χ4v) is 3.00. The van der Waals surface area contributed by atoms with E-state index < -0.39 is 29.9 Å². The van der Waals surface area contributed by atoms with E-state index in [-0.39, 0.29) is 18.1 Å². The minimum Gasteiger partial charge on any atom is -0.424 e. The smallest absolute Gasteiger partial charge is 0.413 e. The number of nitrogens with zero attached hydrogens (tertiary/aromatic N) is 1. The van der Waals surface area contributed by atoms with Gasteiger partial charge in [-0.15, -0.1) is 0 Å². The number of ether oxygens (including phenoxy) is 2. The van der Waals surface area contributed by atoms with Gasteiger partial charge in [0.25, 0.3) is 0 Å². The SMILES string of the molecule is CC(OC(=O)[C@@H]1CCC(=O)N1)OC(=O)N(C)[C@]1(C)CCCCC1=O. The predicted molar refractivity (Wildman–Crippen MR) is 82.8 cm³/mol. The van der Waals surface area contributed by atoms with Crippen LogP contribution in [0.4, 0.5) is 4.79 Å². The minimum atomic E-state index is -1.10. The third-order valence-corrected chi connectivity index (χ3v) is 4.76. The highest BCUT2D eigenvalue weighted by molar-refractivity contribution is 5.92. The lowest BCUT2D eigenvalue weighted by Crippen LogP contribution is -2.55. The fourth-order valence-electron chi connectivity index (χ4n) is 3.00. The van der Waals surface area contributed by atoms with E-state index in [9.17, 15) is 19.2 Å². The number of carbonyl (C=O) groups excluding carboxylic acids is 4. The summed E-state index contributed by atoms with van der Waals surface area (Å²) in [5, 5.41) is 2.49. The van der Waals surface area contributed by atoms with Gasteiger partial charge in [-0.3, -0.25) is 14.5 Å². The van der Waals surface area contributed by atoms with Crippen molar-refractivity contribution in [3.63, 3.8) is 0 Å². The van der Waals surface area contributed by atoms with E-state index >= 15 is 0 Å². The first-order valence-corrected chi connectivity index (χ1v) is 8.21. The van der Waals surface area contributed by atoms with Crippen LogP contribution in [0.25, 0.3) is 0 Å². The van der Waals surface area contributed by atoms with Crippen LogP contribution in [-0.4, -0.2) is 53.6 Å². The molecule has 1 saturated carbocycles. The Morgan fingerprint density at radius 2 is 1.96 bits per heavy atom. The van der Waals surface area contributed by atoms with Crippen molar-refractivity contribution in [2.24, 2.45) is 0 Å². The molecule has 1 aliphatic carbocycles. The number of nitrogens with one attached hydrogen (secondary N) is 1. The van der Waals surface area contributed by atoms with Gasteiger partial charge in [-0.2, -0.15) is 0 Å². The lowest BCUT2D eigenvalue weighted by Gasteiger charge is -2.39. The largest absolute Gasteiger partial charge is 0.424 e. The number of likely N-dealkylation sites (N-methyl/N-ethyl adjacent to an activating group) is 1. The Labute approximate surface area is 140 Å². The molecular weight excluding hydrogens is 316 g/mol. The Kier molecular flexibility index (Phi) is 5.46. The second-order valence-corrected chi connectivity index (χ2v) is 6.51. The average molecular weight is 340 g/mol. The van der Waals surface area contributed by atoms with Gasteiger partial charge in [-0.05, 0) is 26.2 Å². The zero-order valence-electron chi connectivity index (χ0n) is 14.3. The van der Waals surface area contributed by atoms with E-state index in [4.69, 9.17) is 9.47 Å². The second-order valence-electron chi connectivity index (χ2n) is 6.51. The van der Waals surface area contributed by atoms with E-state index in [1.54, 1.807) is 6.92 Å². The molecule has 1 saturated heterocycles. The summed E-state index contributed by atoms with van der Waals surface area (Å²) in [6, 6.07) is -0.700.